The third-order valence-electron chi connectivity index (χ3n) is 5.46. The maximum Gasteiger partial charge on any atom is 0.251 e. The molecule has 0 aromatic carbocycles. The fourth-order valence-corrected chi connectivity index (χ4v) is 4.07. The van der Waals surface area contributed by atoms with E-state index in [4.69, 9.17) is 4.74 Å². The largest absolute Gasteiger partial charge is 0.362 e. The van der Waals surface area contributed by atoms with Gasteiger partial charge in [-0.2, -0.15) is 0 Å². The zero-order valence-corrected chi connectivity index (χ0v) is 13.5. The van der Waals surface area contributed by atoms with Crippen LogP contribution in [0.4, 0.5) is 5.95 Å². The minimum absolute atomic E-state index is 0.106. The number of amides is 1. The Morgan fingerprint density at radius 3 is 2.48 bits per heavy atom. The lowest BCUT2D eigenvalue weighted by Gasteiger charge is -2.39. The van der Waals surface area contributed by atoms with Gasteiger partial charge < -0.3 is 14.5 Å². The van der Waals surface area contributed by atoms with E-state index < -0.39 is 0 Å². The lowest BCUT2D eigenvalue weighted by molar-refractivity contribution is -0.148. The normalized spacial score (nSPS) is 26.9. The minimum Gasteiger partial charge on any atom is -0.362 e. The van der Waals surface area contributed by atoms with Crippen LogP contribution in [0.25, 0.3) is 0 Å². The van der Waals surface area contributed by atoms with Crippen molar-refractivity contribution in [1.82, 2.24) is 14.9 Å². The Kier molecular flexibility index (Phi) is 3.93. The van der Waals surface area contributed by atoms with Gasteiger partial charge in [-0.25, -0.2) is 9.97 Å². The van der Waals surface area contributed by atoms with Gasteiger partial charge in [-0.05, 0) is 44.6 Å². The molecule has 3 saturated heterocycles. The van der Waals surface area contributed by atoms with Gasteiger partial charge in [0, 0.05) is 38.6 Å². The van der Waals surface area contributed by atoms with Crippen molar-refractivity contribution in [2.24, 2.45) is 0 Å². The third-order valence-corrected chi connectivity index (χ3v) is 5.46. The van der Waals surface area contributed by atoms with Crippen LogP contribution in [0.2, 0.25) is 0 Å². The quantitative estimate of drug-likeness (QED) is 0.830. The smallest absolute Gasteiger partial charge is 0.251 e. The molecule has 1 aromatic heterocycles. The molecule has 3 aliphatic rings. The van der Waals surface area contributed by atoms with Crippen molar-refractivity contribution in [2.75, 3.05) is 31.1 Å². The average molecular weight is 316 g/mol. The van der Waals surface area contributed by atoms with Crippen molar-refractivity contribution in [3.8, 4) is 0 Å². The summed E-state index contributed by atoms with van der Waals surface area (Å²) in [5.41, 5.74) is -0.106. The summed E-state index contributed by atoms with van der Waals surface area (Å²) < 4.78 is 6.29. The van der Waals surface area contributed by atoms with E-state index in [0.717, 1.165) is 70.7 Å². The van der Waals surface area contributed by atoms with Gasteiger partial charge in [0.2, 0.25) is 5.95 Å². The van der Waals surface area contributed by atoms with Crippen LogP contribution >= 0.6 is 0 Å². The molecule has 0 N–H and O–H groups in total. The topological polar surface area (TPSA) is 58.6 Å². The fraction of sp³-hybridized carbons (Fsp3) is 0.706. The number of aromatic nitrogens is 2. The number of hydrogen-bond donors (Lipinski definition) is 0. The predicted octanol–water partition coefficient (Wildman–Crippen LogP) is 1.62. The number of piperidine rings is 1. The van der Waals surface area contributed by atoms with Crippen LogP contribution in [-0.2, 0) is 9.53 Å². The summed E-state index contributed by atoms with van der Waals surface area (Å²) in [4.78, 5) is 25.4. The van der Waals surface area contributed by atoms with Crippen LogP contribution in [0.1, 0.15) is 38.5 Å². The van der Waals surface area contributed by atoms with E-state index >= 15 is 0 Å². The van der Waals surface area contributed by atoms with E-state index in [0.29, 0.717) is 0 Å². The monoisotopic (exact) mass is 316 g/mol. The molecule has 6 heteroatoms. The number of rotatable bonds is 2. The maximum absolute atomic E-state index is 12.5. The van der Waals surface area contributed by atoms with Crippen LogP contribution in [0.15, 0.2) is 18.5 Å². The second-order valence-corrected chi connectivity index (χ2v) is 6.90. The highest BCUT2D eigenvalue weighted by Crippen LogP contribution is 2.40. The highest BCUT2D eigenvalue weighted by Gasteiger charge is 2.46. The number of carbonyl (C=O) groups is 1. The van der Waals surface area contributed by atoms with E-state index in [2.05, 4.69) is 14.9 Å². The molecule has 3 fully saturated rings. The molecule has 1 atom stereocenters. The highest BCUT2D eigenvalue weighted by molar-refractivity contribution is 5.81. The van der Waals surface area contributed by atoms with Gasteiger partial charge in [-0.1, -0.05) is 0 Å². The molecule has 0 bridgehead atoms. The first-order valence-electron chi connectivity index (χ1n) is 8.74. The van der Waals surface area contributed by atoms with Gasteiger partial charge in [0.05, 0.1) is 5.60 Å². The van der Waals surface area contributed by atoms with Crippen LogP contribution in [0.5, 0.6) is 0 Å². The summed E-state index contributed by atoms with van der Waals surface area (Å²) in [6, 6.07) is 1.84. The maximum atomic E-state index is 12.5. The van der Waals surface area contributed by atoms with E-state index in [9.17, 15) is 4.79 Å². The highest BCUT2D eigenvalue weighted by atomic mass is 16.5. The molecule has 124 valence electrons. The zero-order chi connectivity index (χ0) is 15.7. The van der Waals surface area contributed by atoms with Crippen LogP contribution in [0.3, 0.4) is 0 Å². The van der Waals surface area contributed by atoms with Gasteiger partial charge in [-0.3, -0.25) is 4.79 Å². The van der Waals surface area contributed by atoms with Crippen molar-refractivity contribution in [1.29, 1.82) is 0 Å². The number of nitrogens with zero attached hydrogens (tertiary/aromatic N) is 4. The number of anilines is 1. The van der Waals surface area contributed by atoms with Crippen LogP contribution < -0.4 is 4.90 Å². The van der Waals surface area contributed by atoms with Gasteiger partial charge in [0.25, 0.3) is 5.91 Å². The Balaban J connectivity index is 1.35. The molecule has 0 radical (unpaired) electrons. The van der Waals surface area contributed by atoms with Crippen molar-refractivity contribution in [3.63, 3.8) is 0 Å². The molecule has 0 unspecified atom stereocenters. The van der Waals surface area contributed by atoms with E-state index in [1.807, 2.05) is 11.0 Å². The third kappa shape index (κ3) is 2.92. The second-order valence-electron chi connectivity index (χ2n) is 6.90. The van der Waals surface area contributed by atoms with Gasteiger partial charge >= 0.3 is 0 Å². The SMILES string of the molecule is O=C([C@H]1CCC2(CCN(c3ncccn3)CC2)O1)N1CCCC1. The first-order chi connectivity index (χ1) is 11.3. The molecular formula is C17H24N4O2. The Morgan fingerprint density at radius 2 is 1.78 bits per heavy atom. The molecule has 6 nitrogen and oxygen atoms in total. The lowest BCUT2D eigenvalue weighted by atomic mass is 9.88. The lowest BCUT2D eigenvalue weighted by Crippen LogP contribution is -2.46. The Morgan fingerprint density at radius 1 is 1.09 bits per heavy atom. The molecule has 3 aliphatic heterocycles. The van der Waals surface area contributed by atoms with E-state index in [1.165, 1.54) is 0 Å². The molecule has 0 saturated carbocycles. The molecule has 4 rings (SSSR count). The molecule has 1 aromatic rings. The number of hydrogen-bond acceptors (Lipinski definition) is 5. The van der Waals surface area contributed by atoms with Gasteiger partial charge in [0.15, 0.2) is 0 Å². The Bertz CT molecular complexity index is 551. The molecule has 1 amide bonds. The first kappa shape index (κ1) is 14.9. The van der Waals surface area contributed by atoms with Crippen molar-refractivity contribution in [2.45, 2.75) is 50.2 Å². The molecule has 1 spiro atoms. The second kappa shape index (κ2) is 6.07. The summed E-state index contributed by atoms with van der Waals surface area (Å²) in [7, 11) is 0. The number of ether oxygens (including phenoxy) is 1. The first-order valence-corrected chi connectivity index (χ1v) is 8.74. The zero-order valence-electron chi connectivity index (χ0n) is 13.5. The average Bonchev–Trinajstić information content (AvgIpc) is 3.26. The van der Waals surface area contributed by atoms with Gasteiger partial charge in [0.1, 0.15) is 6.10 Å². The summed E-state index contributed by atoms with van der Waals surface area (Å²) in [5.74, 6) is 1.01. The number of likely N-dealkylation sites (tertiary alicyclic amines) is 1. The van der Waals surface area contributed by atoms with Crippen LogP contribution in [0, 0.1) is 0 Å². The molecule has 0 aliphatic carbocycles. The molecular weight excluding hydrogens is 292 g/mol. The Hall–Kier alpha value is -1.69. The summed E-state index contributed by atoms with van der Waals surface area (Å²) in [5, 5.41) is 0. The molecule has 23 heavy (non-hydrogen) atoms. The molecule has 4 heterocycles. The predicted molar refractivity (Wildman–Crippen MR) is 86.1 cm³/mol. The summed E-state index contributed by atoms with van der Waals surface area (Å²) in [6.45, 7) is 3.61. The fourth-order valence-electron chi connectivity index (χ4n) is 4.07. The minimum atomic E-state index is -0.215. The van der Waals surface area contributed by atoms with Crippen molar-refractivity contribution < 1.29 is 9.53 Å². The van der Waals surface area contributed by atoms with Crippen molar-refractivity contribution in [3.05, 3.63) is 18.5 Å². The number of carbonyl (C=O) groups excluding carboxylic acids is 1. The Labute approximate surface area is 136 Å². The van der Waals surface area contributed by atoms with Gasteiger partial charge in [-0.15, -0.1) is 0 Å². The summed E-state index contributed by atoms with van der Waals surface area (Å²) >= 11 is 0. The van der Waals surface area contributed by atoms with Crippen LogP contribution in [-0.4, -0.2) is 58.7 Å². The standard InChI is InChI=1S/C17H24N4O2/c22-15(20-10-1-2-11-20)14-4-5-17(23-14)6-12-21(13-7-17)16-18-8-3-9-19-16/h3,8-9,14H,1-2,4-7,10-13H2/t14-/m1/s1. The summed E-state index contributed by atoms with van der Waals surface area (Å²) in [6.07, 6.45) is 9.40. The van der Waals surface area contributed by atoms with E-state index in [1.54, 1.807) is 12.4 Å². The van der Waals surface area contributed by atoms with E-state index in [-0.39, 0.29) is 17.6 Å². The van der Waals surface area contributed by atoms with Crippen molar-refractivity contribution >= 4 is 11.9 Å².